The van der Waals surface area contributed by atoms with Gasteiger partial charge in [0.25, 0.3) is 0 Å². The number of benzene rings is 2. The van der Waals surface area contributed by atoms with E-state index in [-0.39, 0.29) is 11.6 Å². The first-order chi connectivity index (χ1) is 11.1. The Labute approximate surface area is 133 Å². The maximum absolute atomic E-state index is 13.1. The van der Waals surface area contributed by atoms with Gasteiger partial charge in [0, 0.05) is 37.0 Å². The number of hydrogen-bond donors (Lipinski definition) is 1. The van der Waals surface area contributed by atoms with Crippen molar-refractivity contribution in [2.24, 2.45) is 0 Å². The van der Waals surface area contributed by atoms with Crippen LogP contribution < -0.4 is 10.2 Å². The minimum atomic E-state index is -0.965. The van der Waals surface area contributed by atoms with E-state index in [9.17, 15) is 13.6 Å². The summed E-state index contributed by atoms with van der Waals surface area (Å²) >= 11 is 0. The smallest absolute Gasteiger partial charge is 0.226 e. The van der Waals surface area contributed by atoms with Gasteiger partial charge < -0.3 is 10.2 Å². The second kappa shape index (κ2) is 6.77. The lowest BCUT2D eigenvalue weighted by Gasteiger charge is -2.31. The number of aryl methyl sites for hydroxylation is 1. The SMILES string of the molecule is O=C(CCN1CCCc2ccccc21)Nc1ccc(F)c(F)c1. The third-order valence-electron chi connectivity index (χ3n) is 4.02. The van der Waals surface area contributed by atoms with Crippen LogP contribution in [0.15, 0.2) is 42.5 Å². The molecule has 1 amide bonds. The number of amides is 1. The summed E-state index contributed by atoms with van der Waals surface area (Å²) in [7, 11) is 0. The number of anilines is 2. The Kier molecular flexibility index (Phi) is 4.55. The Morgan fingerprint density at radius 3 is 2.78 bits per heavy atom. The molecule has 23 heavy (non-hydrogen) atoms. The Bertz CT molecular complexity index is 718. The molecule has 3 rings (SSSR count). The summed E-state index contributed by atoms with van der Waals surface area (Å²) in [5.41, 5.74) is 2.76. The molecule has 1 aliphatic rings. The molecule has 5 heteroatoms. The van der Waals surface area contributed by atoms with Crippen molar-refractivity contribution in [3.05, 3.63) is 59.7 Å². The van der Waals surface area contributed by atoms with Crippen LogP contribution in [0.25, 0.3) is 0 Å². The third-order valence-corrected chi connectivity index (χ3v) is 4.02. The van der Waals surface area contributed by atoms with Crippen molar-refractivity contribution in [2.45, 2.75) is 19.3 Å². The second-order valence-corrected chi connectivity index (χ2v) is 5.65. The fraction of sp³-hybridized carbons (Fsp3) is 0.278. The van der Waals surface area contributed by atoms with Crippen molar-refractivity contribution in [1.82, 2.24) is 0 Å². The molecule has 0 atom stereocenters. The molecule has 0 aromatic heterocycles. The Hall–Kier alpha value is -2.43. The summed E-state index contributed by atoms with van der Waals surface area (Å²) in [5, 5.41) is 2.60. The van der Waals surface area contributed by atoms with Gasteiger partial charge in [-0.2, -0.15) is 0 Å². The number of nitrogens with one attached hydrogen (secondary N) is 1. The number of hydrogen-bond acceptors (Lipinski definition) is 2. The Balaban J connectivity index is 1.58. The van der Waals surface area contributed by atoms with E-state index in [1.807, 2.05) is 12.1 Å². The van der Waals surface area contributed by atoms with Gasteiger partial charge in [0.15, 0.2) is 11.6 Å². The van der Waals surface area contributed by atoms with Crippen LogP contribution in [-0.2, 0) is 11.2 Å². The molecular formula is C18H18F2N2O. The number of carbonyl (C=O) groups excluding carboxylic acids is 1. The first-order valence-corrected chi connectivity index (χ1v) is 7.71. The highest BCUT2D eigenvalue weighted by molar-refractivity contribution is 5.91. The molecule has 0 fully saturated rings. The topological polar surface area (TPSA) is 32.3 Å². The predicted molar refractivity (Wildman–Crippen MR) is 86.6 cm³/mol. The first-order valence-electron chi connectivity index (χ1n) is 7.71. The maximum atomic E-state index is 13.1. The molecule has 0 spiro atoms. The minimum Gasteiger partial charge on any atom is -0.371 e. The van der Waals surface area contributed by atoms with Gasteiger partial charge in [-0.05, 0) is 36.6 Å². The number of fused-ring (bicyclic) bond motifs is 1. The Morgan fingerprint density at radius 1 is 1.13 bits per heavy atom. The molecule has 1 heterocycles. The van der Waals surface area contributed by atoms with E-state index in [0.717, 1.165) is 31.5 Å². The highest BCUT2D eigenvalue weighted by Gasteiger charge is 2.17. The van der Waals surface area contributed by atoms with E-state index in [1.165, 1.54) is 17.3 Å². The number of carbonyl (C=O) groups is 1. The molecule has 0 unspecified atom stereocenters. The largest absolute Gasteiger partial charge is 0.371 e. The summed E-state index contributed by atoms with van der Waals surface area (Å²) in [6.07, 6.45) is 2.43. The zero-order valence-electron chi connectivity index (χ0n) is 12.7. The van der Waals surface area contributed by atoms with Gasteiger partial charge in [-0.3, -0.25) is 4.79 Å². The molecule has 0 bridgehead atoms. The lowest BCUT2D eigenvalue weighted by Crippen LogP contribution is -2.32. The third kappa shape index (κ3) is 3.67. The van der Waals surface area contributed by atoms with Crippen molar-refractivity contribution in [2.75, 3.05) is 23.3 Å². The molecule has 0 radical (unpaired) electrons. The second-order valence-electron chi connectivity index (χ2n) is 5.65. The van der Waals surface area contributed by atoms with Crippen LogP contribution in [0, 0.1) is 11.6 Å². The van der Waals surface area contributed by atoms with Crippen LogP contribution in [0.5, 0.6) is 0 Å². The lowest BCUT2D eigenvalue weighted by molar-refractivity contribution is -0.116. The van der Waals surface area contributed by atoms with E-state index in [2.05, 4.69) is 22.3 Å². The van der Waals surface area contributed by atoms with Gasteiger partial charge in [0.1, 0.15) is 0 Å². The number of nitrogens with zero attached hydrogens (tertiary/aromatic N) is 1. The Morgan fingerprint density at radius 2 is 1.96 bits per heavy atom. The summed E-state index contributed by atoms with van der Waals surface area (Å²) in [6, 6.07) is 11.6. The molecule has 2 aromatic rings. The summed E-state index contributed by atoms with van der Waals surface area (Å²) < 4.78 is 26.0. The monoisotopic (exact) mass is 316 g/mol. The van der Waals surface area contributed by atoms with Crippen LogP contribution in [0.1, 0.15) is 18.4 Å². The van der Waals surface area contributed by atoms with Crippen molar-refractivity contribution >= 4 is 17.3 Å². The average molecular weight is 316 g/mol. The van der Waals surface area contributed by atoms with Crippen LogP contribution in [0.4, 0.5) is 20.2 Å². The van der Waals surface area contributed by atoms with E-state index in [4.69, 9.17) is 0 Å². The quantitative estimate of drug-likeness (QED) is 0.932. The van der Waals surface area contributed by atoms with Gasteiger partial charge in [-0.25, -0.2) is 8.78 Å². The number of rotatable bonds is 4. The van der Waals surface area contributed by atoms with Crippen LogP contribution in [-0.4, -0.2) is 19.0 Å². The van der Waals surface area contributed by atoms with Gasteiger partial charge in [-0.15, -0.1) is 0 Å². The van der Waals surface area contributed by atoms with E-state index in [1.54, 1.807) is 0 Å². The molecule has 1 N–H and O–H groups in total. The zero-order chi connectivity index (χ0) is 16.2. The maximum Gasteiger partial charge on any atom is 0.226 e. The van der Waals surface area contributed by atoms with Crippen molar-refractivity contribution in [3.8, 4) is 0 Å². The van der Waals surface area contributed by atoms with Crippen molar-refractivity contribution in [1.29, 1.82) is 0 Å². The molecule has 0 saturated carbocycles. The fourth-order valence-electron chi connectivity index (χ4n) is 2.88. The summed E-state index contributed by atoms with van der Waals surface area (Å²) in [5.74, 6) is -2.10. The summed E-state index contributed by atoms with van der Waals surface area (Å²) in [4.78, 5) is 14.2. The highest BCUT2D eigenvalue weighted by atomic mass is 19.2. The first kappa shape index (κ1) is 15.5. The normalized spacial score (nSPS) is 13.6. The number of para-hydroxylation sites is 1. The molecule has 1 aliphatic heterocycles. The molecule has 120 valence electrons. The number of halogens is 2. The van der Waals surface area contributed by atoms with Crippen LogP contribution >= 0.6 is 0 Å². The van der Waals surface area contributed by atoms with Gasteiger partial charge >= 0.3 is 0 Å². The van der Waals surface area contributed by atoms with Crippen LogP contribution in [0.2, 0.25) is 0 Å². The minimum absolute atomic E-state index is 0.209. The molecule has 0 aliphatic carbocycles. The van der Waals surface area contributed by atoms with E-state index >= 15 is 0 Å². The molecule has 0 saturated heterocycles. The average Bonchev–Trinajstić information content (AvgIpc) is 2.56. The molecular weight excluding hydrogens is 298 g/mol. The van der Waals surface area contributed by atoms with Gasteiger partial charge in [0.05, 0.1) is 0 Å². The van der Waals surface area contributed by atoms with Gasteiger partial charge in [0.2, 0.25) is 5.91 Å². The van der Waals surface area contributed by atoms with Crippen molar-refractivity contribution in [3.63, 3.8) is 0 Å². The lowest BCUT2D eigenvalue weighted by atomic mass is 10.0. The molecule has 2 aromatic carbocycles. The van der Waals surface area contributed by atoms with E-state index in [0.29, 0.717) is 13.0 Å². The van der Waals surface area contributed by atoms with Crippen LogP contribution in [0.3, 0.4) is 0 Å². The van der Waals surface area contributed by atoms with Crippen molar-refractivity contribution < 1.29 is 13.6 Å². The van der Waals surface area contributed by atoms with E-state index < -0.39 is 11.6 Å². The fourth-order valence-corrected chi connectivity index (χ4v) is 2.88. The zero-order valence-corrected chi connectivity index (χ0v) is 12.7. The highest BCUT2D eigenvalue weighted by Crippen LogP contribution is 2.26. The van der Waals surface area contributed by atoms with Gasteiger partial charge in [-0.1, -0.05) is 18.2 Å². The predicted octanol–water partition coefficient (Wildman–Crippen LogP) is 3.75. The summed E-state index contributed by atoms with van der Waals surface area (Å²) in [6.45, 7) is 1.53. The molecule has 3 nitrogen and oxygen atoms in total. The standard InChI is InChI=1S/C18H18F2N2O/c19-15-8-7-14(12-16(15)20)21-18(23)9-11-22-10-3-5-13-4-1-2-6-17(13)22/h1-2,4,6-8,12H,3,5,9-11H2,(H,21,23).